The van der Waals surface area contributed by atoms with Crippen molar-refractivity contribution in [3.63, 3.8) is 0 Å². The molecule has 1 aliphatic heterocycles. The van der Waals surface area contributed by atoms with Gasteiger partial charge in [0.1, 0.15) is 17.3 Å². The molecule has 1 aliphatic rings. The fourth-order valence-electron chi connectivity index (χ4n) is 4.06. The Kier molecular flexibility index (Phi) is 7.06. The molecule has 0 aliphatic carbocycles. The predicted octanol–water partition coefficient (Wildman–Crippen LogP) is 4.32. The number of Topliss-reactive ketones (excluding diaryl/α,β-unsaturated/α-hetero) is 1. The van der Waals surface area contributed by atoms with Crippen LogP contribution in [0.2, 0.25) is 0 Å². The van der Waals surface area contributed by atoms with Crippen LogP contribution in [0.25, 0.3) is 5.76 Å². The second-order valence-corrected chi connectivity index (χ2v) is 8.04. The number of hydrogen-bond acceptors (Lipinski definition) is 5. The van der Waals surface area contributed by atoms with Gasteiger partial charge in [0.15, 0.2) is 0 Å². The van der Waals surface area contributed by atoms with E-state index in [2.05, 4.69) is 4.98 Å². The topological polar surface area (TPSA) is 84.7 Å². The number of ether oxygens (including phenoxy) is 1. The molecule has 176 valence electrons. The summed E-state index contributed by atoms with van der Waals surface area (Å²) in [7, 11) is 0. The molecule has 1 aromatic heterocycles. The number of aryl methyl sites for hydroxylation is 1. The maximum Gasteiger partial charge on any atom is 0.295 e. The number of nitrogens with zero attached hydrogens (tertiary/aromatic N) is 3. The van der Waals surface area contributed by atoms with Gasteiger partial charge < -0.3 is 19.3 Å². The van der Waals surface area contributed by atoms with Crippen molar-refractivity contribution >= 4 is 17.4 Å². The van der Waals surface area contributed by atoms with Crippen molar-refractivity contribution < 1.29 is 23.8 Å². The standard InChI is InChI=1S/C26H26FN3O4/c1-2-16-34-19-10-8-18(9-11-19)24(31)22-23(20-6-3-4-7-21(20)27)30(26(33)25(22)32)14-5-13-29-15-12-28-17-29/h3-4,6-12,15,17,23,31H,2,5,13-14,16H2,1H3. The van der Waals surface area contributed by atoms with Crippen LogP contribution in [0, 0.1) is 5.82 Å². The Balaban J connectivity index is 1.69. The van der Waals surface area contributed by atoms with E-state index in [9.17, 15) is 19.1 Å². The van der Waals surface area contributed by atoms with E-state index in [-0.39, 0.29) is 23.4 Å². The van der Waals surface area contributed by atoms with Gasteiger partial charge in [0.2, 0.25) is 0 Å². The van der Waals surface area contributed by atoms with E-state index >= 15 is 0 Å². The number of hydrogen-bond donors (Lipinski definition) is 1. The molecule has 8 heteroatoms. The van der Waals surface area contributed by atoms with Crippen molar-refractivity contribution in [3.8, 4) is 5.75 Å². The molecular formula is C26H26FN3O4. The second-order valence-electron chi connectivity index (χ2n) is 8.04. The Hall–Kier alpha value is -3.94. The van der Waals surface area contributed by atoms with Crippen LogP contribution in [0.5, 0.6) is 5.75 Å². The molecule has 2 aromatic carbocycles. The Bertz CT molecular complexity index is 1190. The van der Waals surface area contributed by atoms with Gasteiger partial charge in [-0.3, -0.25) is 9.59 Å². The number of amides is 1. The van der Waals surface area contributed by atoms with E-state index in [0.29, 0.717) is 30.9 Å². The predicted molar refractivity (Wildman–Crippen MR) is 124 cm³/mol. The third kappa shape index (κ3) is 4.71. The van der Waals surface area contributed by atoms with E-state index in [4.69, 9.17) is 4.74 Å². The number of aromatic nitrogens is 2. The number of ketones is 1. The number of benzene rings is 2. The monoisotopic (exact) mass is 463 g/mol. The molecule has 0 spiro atoms. The quantitative estimate of drug-likeness (QED) is 0.290. The van der Waals surface area contributed by atoms with Gasteiger partial charge in [-0.25, -0.2) is 9.37 Å². The number of carbonyl (C=O) groups is 2. The number of rotatable bonds is 9. The molecule has 1 atom stereocenters. The minimum atomic E-state index is -1.03. The van der Waals surface area contributed by atoms with E-state index in [1.54, 1.807) is 55.1 Å². The molecule has 1 fully saturated rings. The molecule has 1 saturated heterocycles. The summed E-state index contributed by atoms with van der Waals surface area (Å²) >= 11 is 0. The highest BCUT2D eigenvalue weighted by Gasteiger charge is 2.46. The van der Waals surface area contributed by atoms with Crippen LogP contribution in [-0.2, 0) is 16.1 Å². The molecule has 0 bridgehead atoms. The van der Waals surface area contributed by atoms with Crippen molar-refractivity contribution in [2.24, 2.45) is 0 Å². The number of halogens is 1. The molecule has 0 radical (unpaired) electrons. The fourth-order valence-corrected chi connectivity index (χ4v) is 4.06. The fraction of sp³-hybridized carbons (Fsp3) is 0.269. The Labute approximate surface area is 197 Å². The van der Waals surface area contributed by atoms with Gasteiger partial charge in [-0.05, 0) is 43.2 Å². The lowest BCUT2D eigenvalue weighted by molar-refractivity contribution is -0.140. The van der Waals surface area contributed by atoms with E-state index in [1.807, 2.05) is 11.5 Å². The van der Waals surface area contributed by atoms with Gasteiger partial charge in [0.25, 0.3) is 11.7 Å². The highest BCUT2D eigenvalue weighted by molar-refractivity contribution is 6.46. The van der Waals surface area contributed by atoms with Gasteiger partial charge in [-0.2, -0.15) is 0 Å². The SMILES string of the molecule is CCCOc1ccc(C(O)=C2C(=O)C(=O)N(CCCn3ccnc3)C2c2ccccc2F)cc1. The van der Waals surface area contributed by atoms with Crippen LogP contribution in [0.3, 0.4) is 0 Å². The van der Waals surface area contributed by atoms with Crippen LogP contribution >= 0.6 is 0 Å². The summed E-state index contributed by atoms with van der Waals surface area (Å²) in [5.41, 5.74) is 0.385. The minimum absolute atomic E-state index is 0.125. The zero-order valence-electron chi connectivity index (χ0n) is 18.9. The number of carbonyl (C=O) groups excluding carboxylic acids is 2. The van der Waals surface area contributed by atoms with Crippen molar-refractivity contribution in [2.75, 3.05) is 13.2 Å². The Morgan fingerprint density at radius 3 is 2.56 bits per heavy atom. The number of imidazole rings is 1. The largest absolute Gasteiger partial charge is 0.507 e. The van der Waals surface area contributed by atoms with Gasteiger partial charge in [0, 0.05) is 36.6 Å². The summed E-state index contributed by atoms with van der Waals surface area (Å²) < 4.78 is 22.3. The molecule has 3 aromatic rings. The first-order valence-corrected chi connectivity index (χ1v) is 11.2. The summed E-state index contributed by atoms with van der Waals surface area (Å²) in [5.74, 6) is -1.86. The summed E-state index contributed by atoms with van der Waals surface area (Å²) in [6, 6.07) is 11.6. The van der Waals surface area contributed by atoms with Gasteiger partial charge in [0.05, 0.1) is 24.5 Å². The number of likely N-dealkylation sites (tertiary alicyclic amines) is 1. The summed E-state index contributed by atoms with van der Waals surface area (Å²) in [6.45, 7) is 3.34. The third-order valence-corrected chi connectivity index (χ3v) is 5.71. The van der Waals surface area contributed by atoms with Crippen LogP contribution in [0.4, 0.5) is 4.39 Å². The van der Waals surface area contributed by atoms with E-state index < -0.39 is 23.5 Å². The normalized spacial score (nSPS) is 17.4. The average molecular weight is 464 g/mol. The molecular weight excluding hydrogens is 437 g/mol. The Morgan fingerprint density at radius 2 is 1.88 bits per heavy atom. The van der Waals surface area contributed by atoms with Gasteiger partial charge >= 0.3 is 0 Å². The van der Waals surface area contributed by atoms with Crippen LogP contribution in [-0.4, -0.2) is 44.4 Å². The lowest BCUT2D eigenvalue weighted by Gasteiger charge is -2.25. The first-order valence-electron chi connectivity index (χ1n) is 11.2. The molecule has 34 heavy (non-hydrogen) atoms. The Morgan fingerprint density at radius 1 is 1.12 bits per heavy atom. The van der Waals surface area contributed by atoms with Crippen molar-refractivity contribution in [3.05, 3.63) is 89.8 Å². The number of aliphatic hydroxyl groups is 1. The maximum atomic E-state index is 14.8. The molecule has 1 N–H and O–H groups in total. The molecule has 4 rings (SSSR count). The highest BCUT2D eigenvalue weighted by Crippen LogP contribution is 2.40. The van der Waals surface area contributed by atoms with Gasteiger partial charge in [-0.1, -0.05) is 25.1 Å². The smallest absolute Gasteiger partial charge is 0.295 e. The van der Waals surface area contributed by atoms with Crippen LogP contribution in [0.1, 0.15) is 36.9 Å². The zero-order valence-corrected chi connectivity index (χ0v) is 18.9. The molecule has 2 heterocycles. The highest BCUT2D eigenvalue weighted by atomic mass is 19.1. The zero-order chi connectivity index (χ0) is 24.1. The van der Waals surface area contributed by atoms with Crippen molar-refractivity contribution in [1.82, 2.24) is 14.5 Å². The lowest BCUT2D eigenvalue weighted by Crippen LogP contribution is -2.31. The summed E-state index contributed by atoms with van der Waals surface area (Å²) in [4.78, 5) is 31.4. The molecule has 7 nitrogen and oxygen atoms in total. The van der Waals surface area contributed by atoms with Gasteiger partial charge in [-0.15, -0.1) is 0 Å². The third-order valence-electron chi connectivity index (χ3n) is 5.71. The van der Waals surface area contributed by atoms with Crippen molar-refractivity contribution in [2.45, 2.75) is 32.4 Å². The maximum absolute atomic E-state index is 14.8. The van der Waals surface area contributed by atoms with E-state index in [0.717, 1.165) is 6.42 Å². The molecule has 1 unspecified atom stereocenters. The minimum Gasteiger partial charge on any atom is -0.507 e. The first-order chi connectivity index (χ1) is 16.5. The molecule has 1 amide bonds. The lowest BCUT2D eigenvalue weighted by atomic mass is 9.95. The van der Waals surface area contributed by atoms with E-state index in [1.165, 1.54) is 17.0 Å². The van der Waals surface area contributed by atoms with Crippen LogP contribution in [0.15, 0.2) is 72.8 Å². The average Bonchev–Trinajstić information content (AvgIpc) is 3.45. The molecule has 0 saturated carbocycles. The van der Waals surface area contributed by atoms with Crippen molar-refractivity contribution in [1.29, 1.82) is 0 Å². The second kappa shape index (κ2) is 10.3. The summed E-state index contributed by atoms with van der Waals surface area (Å²) in [5, 5.41) is 11.1. The summed E-state index contributed by atoms with van der Waals surface area (Å²) in [6.07, 6.45) is 6.50. The van der Waals surface area contributed by atoms with Crippen LogP contribution < -0.4 is 4.74 Å². The first kappa shape index (κ1) is 23.2. The number of aliphatic hydroxyl groups excluding tert-OH is 1.